The molecule has 0 atom stereocenters. The summed E-state index contributed by atoms with van der Waals surface area (Å²) >= 11 is 1.59. The largest absolute Gasteiger partial charge is 0.316 e. The van der Waals surface area contributed by atoms with Gasteiger partial charge < -0.3 is 4.57 Å². The second kappa shape index (κ2) is 5.96. The zero-order valence-electron chi connectivity index (χ0n) is 10.8. The molecule has 0 unspecified atom stereocenters. The van der Waals surface area contributed by atoms with Crippen molar-refractivity contribution in [3.63, 3.8) is 0 Å². The summed E-state index contributed by atoms with van der Waals surface area (Å²) in [6.07, 6.45) is 2.41. The Kier molecular flexibility index (Phi) is 4.31. The van der Waals surface area contributed by atoms with E-state index in [9.17, 15) is 4.79 Å². The predicted molar refractivity (Wildman–Crippen MR) is 75.6 cm³/mol. The lowest BCUT2D eigenvalue weighted by molar-refractivity contribution is -0.118. The van der Waals surface area contributed by atoms with Gasteiger partial charge >= 0.3 is 0 Å². The van der Waals surface area contributed by atoms with E-state index in [-0.39, 0.29) is 5.91 Å². The highest BCUT2D eigenvalue weighted by Gasteiger charge is 2.06. The highest BCUT2D eigenvalue weighted by molar-refractivity contribution is 7.16. The zero-order valence-corrected chi connectivity index (χ0v) is 11.7. The molecule has 1 heterocycles. The minimum atomic E-state index is -0.0195. The number of fused-ring (bicyclic) bond motifs is 1. The standard InChI is InChI=1S/C14H18N2OS/c1-3-7-13(17)15-14-16(10-4-2)11-8-5-6-9-12(11)18-14/h5-6,8-9H,3-4,7,10H2,1-2H3. The smallest absolute Gasteiger partial charge is 0.248 e. The molecule has 2 rings (SSSR count). The van der Waals surface area contributed by atoms with Crippen molar-refractivity contribution in [3.05, 3.63) is 29.1 Å². The molecule has 0 aliphatic heterocycles. The lowest BCUT2D eigenvalue weighted by Crippen LogP contribution is -2.16. The number of benzene rings is 1. The lowest BCUT2D eigenvalue weighted by atomic mass is 10.3. The Labute approximate surface area is 111 Å². The average Bonchev–Trinajstić information content (AvgIpc) is 2.68. The Bertz CT molecular complexity index is 610. The van der Waals surface area contributed by atoms with Crippen LogP contribution in [0.3, 0.4) is 0 Å². The Balaban J connectivity index is 2.55. The van der Waals surface area contributed by atoms with E-state index in [0.717, 1.165) is 24.2 Å². The Morgan fingerprint density at radius 2 is 2.06 bits per heavy atom. The van der Waals surface area contributed by atoms with Crippen LogP contribution in [0.1, 0.15) is 33.1 Å². The van der Waals surface area contributed by atoms with Crippen LogP contribution in [0.25, 0.3) is 10.2 Å². The van der Waals surface area contributed by atoms with Crippen molar-refractivity contribution in [2.75, 3.05) is 0 Å². The summed E-state index contributed by atoms with van der Waals surface area (Å²) in [6.45, 7) is 5.04. The molecule has 3 nitrogen and oxygen atoms in total. The number of amides is 1. The molecule has 0 spiro atoms. The van der Waals surface area contributed by atoms with Gasteiger partial charge in [0.1, 0.15) is 0 Å². The van der Waals surface area contributed by atoms with Crippen LogP contribution in [0.5, 0.6) is 0 Å². The summed E-state index contributed by atoms with van der Waals surface area (Å²) < 4.78 is 3.34. The summed E-state index contributed by atoms with van der Waals surface area (Å²) in [7, 11) is 0. The van der Waals surface area contributed by atoms with Gasteiger partial charge in [-0.15, -0.1) is 0 Å². The maximum absolute atomic E-state index is 11.7. The Morgan fingerprint density at radius 1 is 1.28 bits per heavy atom. The van der Waals surface area contributed by atoms with E-state index < -0.39 is 0 Å². The molecule has 1 amide bonds. The van der Waals surface area contributed by atoms with E-state index in [0.29, 0.717) is 6.42 Å². The molecular formula is C14H18N2OS. The van der Waals surface area contributed by atoms with E-state index >= 15 is 0 Å². The average molecular weight is 262 g/mol. The van der Waals surface area contributed by atoms with Crippen molar-refractivity contribution < 1.29 is 4.79 Å². The minimum Gasteiger partial charge on any atom is -0.316 e. The molecule has 18 heavy (non-hydrogen) atoms. The molecule has 0 N–H and O–H groups in total. The van der Waals surface area contributed by atoms with Gasteiger partial charge in [0.2, 0.25) is 5.91 Å². The number of para-hydroxylation sites is 1. The molecule has 1 aromatic carbocycles. The van der Waals surface area contributed by atoms with Crippen molar-refractivity contribution in [2.24, 2.45) is 4.99 Å². The van der Waals surface area contributed by atoms with Crippen molar-refractivity contribution in [3.8, 4) is 0 Å². The first-order chi connectivity index (χ1) is 8.76. The summed E-state index contributed by atoms with van der Waals surface area (Å²) in [5.41, 5.74) is 1.17. The molecule has 4 heteroatoms. The van der Waals surface area contributed by atoms with Gasteiger partial charge in [-0.05, 0) is 25.0 Å². The number of aryl methyl sites for hydroxylation is 1. The van der Waals surface area contributed by atoms with Crippen molar-refractivity contribution in [2.45, 2.75) is 39.7 Å². The molecule has 0 saturated carbocycles. The number of rotatable bonds is 4. The molecule has 2 aromatic rings. The fourth-order valence-electron chi connectivity index (χ4n) is 1.92. The van der Waals surface area contributed by atoms with E-state index in [1.54, 1.807) is 11.3 Å². The minimum absolute atomic E-state index is 0.0195. The molecule has 0 radical (unpaired) electrons. The second-order valence-electron chi connectivity index (χ2n) is 4.26. The van der Waals surface area contributed by atoms with Gasteiger partial charge in [0.25, 0.3) is 0 Å². The summed E-state index contributed by atoms with van der Waals surface area (Å²) in [6, 6.07) is 8.21. The van der Waals surface area contributed by atoms with Crippen LogP contribution in [0, 0.1) is 0 Å². The Morgan fingerprint density at radius 3 is 2.78 bits per heavy atom. The quantitative estimate of drug-likeness (QED) is 0.832. The SMILES string of the molecule is CCCC(=O)N=c1sc2ccccc2n1CCC. The molecule has 0 saturated heterocycles. The number of carbonyl (C=O) groups is 1. The topological polar surface area (TPSA) is 34.4 Å². The van der Waals surface area contributed by atoms with Gasteiger partial charge in [0.15, 0.2) is 4.80 Å². The number of aromatic nitrogens is 1. The molecule has 1 aromatic heterocycles. The molecule has 0 aliphatic carbocycles. The maximum Gasteiger partial charge on any atom is 0.248 e. The number of nitrogens with zero attached hydrogens (tertiary/aromatic N) is 2. The van der Waals surface area contributed by atoms with Crippen LogP contribution >= 0.6 is 11.3 Å². The van der Waals surface area contributed by atoms with Gasteiger partial charge in [-0.1, -0.05) is 37.3 Å². The normalized spacial score (nSPS) is 12.2. The van der Waals surface area contributed by atoms with E-state index in [4.69, 9.17) is 0 Å². The number of thiazole rings is 1. The molecule has 0 fully saturated rings. The van der Waals surface area contributed by atoms with Gasteiger partial charge in [0, 0.05) is 13.0 Å². The van der Waals surface area contributed by atoms with Crippen LogP contribution in [-0.2, 0) is 11.3 Å². The molecule has 0 bridgehead atoms. The third-order valence-corrected chi connectivity index (χ3v) is 3.78. The molecule has 0 aliphatic rings. The van der Waals surface area contributed by atoms with E-state index in [1.807, 2.05) is 19.1 Å². The highest BCUT2D eigenvalue weighted by Crippen LogP contribution is 2.16. The fourth-order valence-corrected chi connectivity index (χ4v) is 3.00. The Hall–Kier alpha value is -1.42. The second-order valence-corrected chi connectivity index (χ2v) is 5.27. The summed E-state index contributed by atoms with van der Waals surface area (Å²) in [5, 5.41) is 0. The predicted octanol–water partition coefficient (Wildman–Crippen LogP) is 3.34. The highest BCUT2D eigenvalue weighted by atomic mass is 32.1. The molecular weight excluding hydrogens is 244 g/mol. The van der Waals surface area contributed by atoms with Crippen molar-refractivity contribution in [1.82, 2.24) is 4.57 Å². The first-order valence-electron chi connectivity index (χ1n) is 6.42. The van der Waals surface area contributed by atoms with Gasteiger partial charge in [-0.25, -0.2) is 0 Å². The zero-order chi connectivity index (χ0) is 13.0. The lowest BCUT2D eigenvalue weighted by Gasteiger charge is -2.01. The van der Waals surface area contributed by atoms with E-state index in [1.165, 1.54) is 10.2 Å². The third kappa shape index (κ3) is 2.70. The number of hydrogen-bond acceptors (Lipinski definition) is 2. The van der Waals surface area contributed by atoms with Crippen molar-refractivity contribution in [1.29, 1.82) is 0 Å². The first-order valence-corrected chi connectivity index (χ1v) is 7.23. The van der Waals surface area contributed by atoms with Gasteiger partial charge in [0.05, 0.1) is 10.2 Å². The van der Waals surface area contributed by atoms with Gasteiger partial charge in [-0.2, -0.15) is 4.99 Å². The summed E-state index contributed by atoms with van der Waals surface area (Å²) in [4.78, 5) is 16.7. The fraction of sp³-hybridized carbons (Fsp3) is 0.429. The monoisotopic (exact) mass is 262 g/mol. The van der Waals surface area contributed by atoms with Crippen LogP contribution in [0.4, 0.5) is 0 Å². The van der Waals surface area contributed by atoms with Crippen LogP contribution in [-0.4, -0.2) is 10.5 Å². The number of carbonyl (C=O) groups excluding carboxylic acids is 1. The number of hydrogen-bond donors (Lipinski definition) is 0. The van der Waals surface area contributed by atoms with Crippen molar-refractivity contribution >= 4 is 27.5 Å². The molecule has 96 valence electrons. The van der Waals surface area contributed by atoms with E-state index in [2.05, 4.69) is 28.6 Å². The van der Waals surface area contributed by atoms with Crippen LogP contribution in [0.2, 0.25) is 0 Å². The maximum atomic E-state index is 11.7. The third-order valence-electron chi connectivity index (χ3n) is 2.72. The first kappa shape index (κ1) is 13.0. The van der Waals surface area contributed by atoms with Gasteiger partial charge in [-0.3, -0.25) is 4.79 Å². The summed E-state index contributed by atoms with van der Waals surface area (Å²) in [5.74, 6) is -0.0195. The van der Waals surface area contributed by atoms with Crippen LogP contribution < -0.4 is 4.80 Å². The van der Waals surface area contributed by atoms with Crippen LogP contribution in [0.15, 0.2) is 29.3 Å².